The Bertz CT molecular complexity index is 543. The summed E-state index contributed by atoms with van der Waals surface area (Å²) < 4.78 is 2.10. The number of nitrogens with one attached hydrogen (secondary N) is 1. The molecule has 0 aliphatic carbocycles. The van der Waals surface area contributed by atoms with Gasteiger partial charge in [-0.1, -0.05) is 25.4 Å². The molecule has 3 nitrogen and oxygen atoms in total. The second-order valence-electron chi connectivity index (χ2n) is 4.74. The van der Waals surface area contributed by atoms with Crippen molar-refractivity contribution in [3.8, 4) is 0 Å². The summed E-state index contributed by atoms with van der Waals surface area (Å²) in [6, 6.07) is 4.52. The van der Waals surface area contributed by atoms with E-state index in [1.165, 1.54) is 0 Å². The Hall–Kier alpha value is -1.06. The first-order valence-electron chi connectivity index (χ1n) is 5.84. The quantitative estimate of drug-likeness (QED) is 0.909. The van der Waals surface area contributed by atoms with Crippen LogP contribution in [0.15, 0.2) is 12.1 Å². The molecule has 0 atom stereocenters. The summed E-state index contributed by atoms with van der Waals surface area (Å²) in [5.41, 5.74) is 3.14. The first-order chi connectivity index (χ1) is 7.99. The van der Waals surface area contributed by atoms with Gasteiger partial charge in [-0.3, -0.25) is 0 Å². The minimum absolute atomic E-state index is 0.451. The lowest BCUT2D eigenvalue weighted by molar-refractivity contribution is 0.563. The fourth-order valence-corrected chi connectivity index (χ4v) is 2.19. The van der Waals surface area contributed by atoms with Crippen LogP contribution in [0.2, 0.25) is 5.02 Å². The van der Waals surface area contributed by atoms with Crippen molar-refractivity contribution in [2.24, 2.45) is 7.05 Å². The summed E-state index contributed by atoms with van der Waals surface area (Å²) in [5.74, 6) is 1.02. The number of hydrogen-bond acceptors (Lipinski definition) is 2. The minimum Gasteiger partial charge on any atom is -0.330 e. The molecule has 1 heterocycles. The third-order valence-corrected chi connectivity index (χ3v) is 3.13. The third kappa shape index (κ3) is 2.45. The Labute approximate surface area is 107 Å². The molecule has 0 fully saturated rings. The molecule has 0 amide bonds. The van der Waals surface area contributed by atoms with Crippen molar-refractivity contribution in [1.82, 2.24) is 14.9 Å². The van der Waals surface area contributed by atoms with Gasteiger partial charge in [-0.25, -0.2) is 4.98 Å². The normalized spacial score (nSPS) is 11.6. The van der Waals surface area contributed by atoms with Gasteiger partial charge in [0.05, 0.1) is 17.1 Å². The van der Waals surface area contributed by atoms with Crippen LogP contribution in [-0.2, 0) is 13.6 Å². The monoisotopic (exact) mass is 251 g/mol. The maximum absolute atomic E-state index is 6.21. The van der Waals surface area contributed by atoms with Crippen molar-refractivity contribution in [3.05, 3.63) is 28.5 Å². The Morgan fingerprint density at radius 1 is 1.41 bits per heavy atom. The summed E-state index contributed by atoms with van der Waals surface area (Å²) in [6.45, 7) is 7.06. The zero-order chi connectivity index (χ0) is 12.6. The van der Waals surface area contributed by atoms with Crippen LogP contribution in [0.25, 0.3) is 11.0 Å². The molecule has 0 saturated carbocycles. The Balaban J connectivity index is 2.45. The van der Waals surface area contributed by atoms with E-state index < -0.39 is 0 Å². The molecule has 0 spiro atoms. The zero-order valence-electron chi connectivity index (χ0n) is 10.7. The third-order valence-electron chi connectivity index (χ3n) is 2.85. The lowest BCUT2D eigenvalue weighted by Crippen LogP contribution is -2.23. The second-order valence-corrected chi connectivity index (χ2v) is 5.14. The minimum atomic E-state index is 0.451. The van der Waals surface area contributed by atoms with Crippen molar-refractivity contribution in [1.29, 1.82) is 0 Å². The van der Waals surface area contributed by atoms with E-state index in [2.05, 4.69) is 34.8 Å². The summed E-state index contributed by atoms with van der Waals surface area (Å²) in [5, 5.41) is 4.10. The Kier molecular flexibility index (Phi) is 3.40. The van der Waals surface area contributed by atoms with Gasteiger partial charge < -0.3 is 9.88 Å². The van der Waals surface area contributed by atoms with Gasteiger partial charge in [0.1, 0.15) is 11.3 Å². The highest BCUT2D eigenvalue weighted by Gasteiger charge is 2.11. The van der Waals surface area contributed by atoms with Crippen molar-refractivity contribution in [3.63, 3.8) is 0 Å². The molecule has 4 heteroatoms. The van der Waals surface area contributed by atoms with Gasteiger partial charge in [-0.15, -0.1) is 0 Å². The average Bonchev–Trinajstić information content (AvgIpc) is 2.54. The van der Waals surface area contributed by atoms with E-state index >= 15 is 0 Å². The Morgan fingerprint density at radius 2 is 2.12 bits per heavy atom. The van der Waals surface area contributed by atoms with Crippen LogP contribution in [0, 0.1) is 6.92 Å². The molecular formula is C13H18ClN3. The smallest absolute Gasteiger partial charge is 0.123 e. The maximum Gasteiger partial charge on any atom is 0.123 e. The van der Waals surface area contributed by atoms with Crippen LogP contribution in [0.3, 0.4) is 0 Å². The highest BCUT2D eigenvalue weighted by molar-refractivity contribution is 6.35. The standard InChI is InChI=1S/C13H18ClN3/c1-8(2)15-7-12-16-13-10(14)5-9(3)6-11(13)17(12)4/h5-6,8,15H,7H2,1-4H3. The number of aromatic nitrogens is 2. The molecule has 1 aromatic carbocycles. The summed E-state index contributed by atoms with van der Waals surface area (Å²) in [4.78, 5) is 4.59. The summed E-state index contributed by atoms with van der Waals surface area (Å²) >= 11 is 6.21. The number of benzene rings is 1. The zero-order valence-corrected chi connectivity index (χ0v) is 11.5. The molecule has 0 bridgehead atoms. The lowest BCUT2D eigenvalue weighted by Gasteiger charge is -2.07. The number of hydrogen-bond donors (Lipinski definition) is 1. The van der Waals surface area contributed by atoms with Gasteiger partial charge >= 0.3 is 0 Å². The van der Waals surface area contributed by atoms with Crippen molar-refractivity contribution in [2.75, 3.05) is 0 Å². The van der Waals surface area contributed by atoms with Crippen LogP contribution in [-0.4, -0.2) is 15.6 Å². The average molecular weight is 252 g/mol. The van der Waals surface area contributed by atoms with E-state index in [4.69, 9.17) is 11.6 Å². The SMILES string of the molecule is Cc1cc(Cl)c2nc(CNC(C)C)n(C)c2c1. The van der Waals surface area contributed by atoms with Gasteiger partial charge in [0, 0.05) is 13.1 Å². The highest BCUT2D eigenvalue weighted by Crippen LogP contribution is 2.25. The van der Waals surface area contributed by atoms with E-state index in [0.29, 0.717) is 6.04 Å². The first-order valence-corrected chi connectivity index (χ1v) is 6.21. The number of nitrogens with zero attached hydrogens (tertiary/aromatic N) is 2. The molecular weight excluding hydrogens is 234 g/mol. The molecule has 0 aliphatic rings. The largest absolute Gasteiger partial charge is 0.330 e. The van der Waals surface area contributed by atoms with Crippen LogP contribution >= 0.6 is 11.6 Å². The van der Waals surface area contributed by atoms with Gasteiger partial charge in [0.15, 0.2) is 0 Å². The van der Waals surface area contributed by atoms with E-state index in [0.717, 1.165) is 34.0 Å². The fraction of sp³-hybridized carbons (Fsp3) is 0.462. The molecule has 92 valence electrons. The molecule has 17 heavy (non-hydrogen) atoms. The van der Waals surface area contributed by atoms with Crippen LogP contribution < -0.4 is 5.32 Å². The number of rotatable bonds is 3. The molecule has 0 aliphatic heterocycles. The van der Waals surface area contributed by atoms with Crippen LogP contribution in [0.1, 0.15) is 25.2 Å². The fourth-order valence-electron chi connectivity index (χ4n) is 1.88. The Morgan fingerprint density at radius 3 is 2.76 bits per heavy atom. The van der Waals surface area contributed by atoms with Crippen molar-refractivity contribution in [2.45, 2.75) is 33.4 Å². The van der Waals surface area contributed by atoms with Gasteiger partial charge in [0.2, 0.25) is 0 Å². The highest BCUT2D eigenvalue weighted by atomic mass is 35.5. The van der Waals surface area contributed by atoms with Crippen LogP contribution in [0.4, 0.5) is 0 Å². The molecule has 0 saturated heterocycles. The summed E-state index contributed by atoms with van der Waals surface area (Å²) in [6.07, 6.45) is 0. The van der Waals surface area contributed by atoms with E-state index in [-0.39, 0.29) is 0 Å². The molecule has 1 N–H and O–H groups in total. The van der Waals surface area contributed by atoms with Gasteiger partial charge in [0.25, 0.3) is 0 Å². The number of halogens is 1. The van der Waals surface area contributed by atoms with Crippen molar-refractivity contribution >= 4 is 22.6 Å². The lowest BCUT2D eigenvalue weighted by atomic mass is 10.2. The molecule has 2 aromatic rings. The van der Waals surface area contributed by atoms with Gasteiger partial charge in [-0.05, 0) is 24.6 Å². The van der Waals surface area contributed by atoms with E-state index in [1.807, 2.05) is 20.0 Å². The topological polar surface area (TPSA) is 29.9 Å². The predicted octanol–water partition coefficient (Wildman–Crippen LogP) is 3.03. The van der Waals surface area contributed by atoms with E-state index in [1.54, 1.807) is 0 Å². The van der Waals surface area contributed by atoms with Crippen LogP contribution in [0.5, 0.6) is 0 Å². The van der Waals surface area contributed by atoms with E-state index in [9.17, 15) is 0 Å². The maximum atomic E-state index is 6.21. The molecule has 0 radical (unpaired) electrons. The predicted molar refractivity (Wildman–Crippen MR) is 72.4 cm³/mol. The number of imidazole rings is 1. The molecule has 0 unspecified atom stereocenters. The van der Waals surface area contributed by atoms with Crippen molar-refractivity contribution < 1.29 is 0 Å². The molecule has 2 rings (SSSR count). The summed E-state index contributed by atoms with van der Waals surface area (Å²) in [7, 11) is 2.03. The van der Waals surface area contributed by atoms with Gasteiger partial charge in [-0.2, -0.15) is 0 Å². The first kappa shape index (κ1) is 12.4. The second kappa shape index (κ2) is 4.67. The number of aryl methyl sites for hydroxylation is 2. The number of fused-ring (bicyclic) bond motifs is 1. The molecule has 1 aromatic heterocycles.